The minimum absolute atomic E-state index is 0.137. The number of ether oxygens (including phenoxy) is 1. The highest BCUT2D eigenvalue weighted by Gasteiger charge is 2.16. The van der Waals surface area contributed by atoms with Gasteiger partial charge in [0, 0.05) is 12.6 Å². The van der Waals surface area contributed by atoms with Gasteiger partial charge in [0.1, 0.15) is 0 Å². The zero-order valence-corrected chi connectivity index (χ0v) is 11.9. The number of nitrogens with zero attached hydrogens (tertiary/aromatic N) is 1. The van der Waals surface area contributed by atoms with Crippen LogP contribution in [0.15, 0.2) is 0 Å². The molecule has 1 saturated carbocycles. The highest BCUT2D eigenvalue weighted by atomic mass is 16.5. The van der Waals surface area contributed by atoms with E-state index in [0.29, 0.717) is 6.42 Å². The minimum atomic E-state index is -0.137. The zero-order chi connectivity index (χ0) is 13.2. The van der Waals surface area contributed by atoms with Crippen LogP contribution < -0.4 is 5.32 Å². The molecule has 106 valence electrons. The predicted octanol–water partition coefficient (Wildman–Crippen LogP) is 1.79. The zero-order valence-electron chi connectivity index (χ0n) is 11.9. The summed E-state index contributed by atoms with van der Waals surface area (Å²) in [4.78, 5) is 13.4. The lowest BCUT2D eigenvalue weighted by Gasteiger charge is -2.31. The molecule has 4 heteroatoms. The number of rotatable bonds is 8. The first kappa shape index (κ1) is 15.4. The van der Waals surface area contributed by atoms with E-state index in [1.54, 1.807) is 0 Å². The SMILES string of the molecule is COC(=O)CCNCCCN(C)C1CCCCC1. The fourth-order valence-electron chi connectivity index (χ4n) is 2.58. The van der Waals surface area contributed by atoms with Gasteiger partial charge in [0.15, 0.2) is 0 Å². The van der Waals surface area contributed by atoms with E-state index in [2.05, 4.69) is 22.0 Å². The first-order chi connectivity index (χ1) is 8.74. The van der Waals surface area contributed by atoms with Crippen LogP contribution in [0.3, 0.4) is 0 Å². The van der Waals surface area contributed by atoms with Gasteiger partial charge in [-0.25, -0.2) is 0 Å². The molecule has 1 aliphatic carbocycles. The van der Waals surface area contributed by atoms with E-state index in [1.807, 2.05) is 0 Å². The van der Waals surface area contributed by atoms with Crippen molar-refractivity contribution in [2.24, 2.45) is 0 Å². The molecule has 0 bridgehead atoms. The molecular weight excluding hydrogens is 228 g/mol. The van der Waals surface area contributed by atoms with Gasteiger partial charge in [-0.2, -0.15) is 0 Å². The molecule has 0 amide bonds. The highest BCUT2D eigenvalue weighted by Crippen LogP contribution is 2.21. The van der Waals surface area contributed by atoms with Crippen LogP contribution in [0.25, 0.3) is 0 Å². The maximum atomic E-state index is 10.9. The lowest BCUT2D eigenvalue weighted by atomic mass is 9.94. The van der Waals surface area contributed by atoms with E-state index in [9.17, 15) is 4.79 Å². The van der Waals surface area contributed by atoms with Crippen molar-refractivity contribution >= 4 is 5.97 Å². The summed E-state index contributed by atoms with van der Waals surface area (Å²) in [5.74, 6) is -0.137. The quantitative estimate of drug-likeness (QED) is 0.531. The van der Waals surface area contributed by atoms with Crippen LogP contribution in [0.4, 0.5) is 0 Å². The molecule has 0 aliphatic heterocycles. The fraction of sp³-hybridized carbons (Fsp3) is 0.929. The number of nitrogens with one attached hydrogen (secondary N) is 1. The maximum absolute atomic E-state index is 10.9. The van der Waals surface area contributed by atoms with Gasteiger partial charge in [-0.15, -0.1) is 0 Å². The first-order valence-corrected chi connectivity index (χ1v) is 7.22. The topological polar surface area (TPSA) is 41.6 Å². The Hall–Kier alpha value is -0.610. The lowest BCUT2D eigenvalue weighted by molar-refractivity contribution is -0.140. The number of carbonyl (C=O) groups is 1. The van der Waals surface area contributed by atoms with Crippen molar-refractivity contribution in [1.29, 1.82) is 0 Å². The molecular formula is C14H28N2O2. The van der Waals surface area contributed by atoms with Crippen LogP contribution in [0.1, 0.15) is 44.9 Å². The molecule has 0 saturated heterocycles. The van der Waals surface area contributed by atoms with Gasteiger partial charge in [-0.05, 0) is 39.4 Å². The van der Waals surface area contributed by atoms with Gasteiger partial charge in [0.25, 0.3) is 0 Å². The smallest absolute Gasteiger partial charge is 0.306 e. The standard InChI is InChI=1S/C14H28N2O2/c1-16(13-7-4-3-5-8-13)12-6-10-15-11-9-14(17)18-2/h13,15H,3-12H2,1-2H3. The Labute approximate surface area is 111 Å². The molecule has 4 nitrogen and oxygen atoms in total. The van der Waals surface area contributed by atoms with Gasteiger partial charge < -0.3 is 15.0 Å². The average Bonchev–Trinajstić information content (AvgIpc) is 2.43. The Morgan fingerprint density at radius 3 is 2.67 bits per heavy atom. The summed E-state index contributed by atoms with van der Waals surface area (Å²) in [6.45, 7) is 2.85. The van der Waals surface area contributed by atoms with Crippen molar-refractivity contribution in [3.8, 4) is 0 Å². The van der Waals surface area contributed by atoms with Gasteiger partial charge in [-0.3, -0.25) is 4.79 Å². The lowest BCUT2D eigenvalue weighted by Crippen LogP contribution is -2.35. The molecule has 1 N–H and O–H groups in total. The second-order valence-corrected chi connectivity index (χ2v) is 5.20. The Kier molecular flexibility index (Phi) is 8.01. The molecule has 0 aromatic carbocycles. The third kappa shape index (κ3) is 6.36. The van der Waals surface area contributed by atoms with Crippen molar-refractivity contribution in [2.45, 2.75) is 51.0 Å². The Morgan fingerprint density at radius 1 is 1.28 bits per heavy atom. The second kappa shape index (κ2) is 9.34. The summed E-state index contributed by atoms with van der Waals surface area (Å²) in [5, 5.41) is 3.28. The molecule has 0 heterocycles. The first-order valence-electron chi connectivity index (χ1n) is 7.22. The third-order valence-corrected chi connectivity index (χ3v) is 3.80. The number of carbonyl (C=O) groups excluding carboxylic acids is 1. The molecule has 1 fully saturated rings. The van der Waals surface area contributed by atoms with Gasteiger partial charge >= 0.3 is 5.97 Å². The van der Waals surface area contributed by atoms with Crippen LogP contribution in [-0.4, -0.2) is 50.7 Å². The van der Waals surface area contributed by atoms with E-state index in [0.717, 1.165) is 32.1 Å². The summed E-state index contributed by atoms with van der Waals surface area (Å²) in [6.07, 6.45) is 8.56. The number of hydrogen-bond donors (Lipinski definition) is 1. The molecule has 0 aromatic heterocycles. The molecule has 0 spiro atoms. The largest absolute Gasteiger partial charge is 0.469 e. The number of hydrogen-bond acceptors (Lipinski definition) is 4. The summed E-state index contributed by atoms with van der Waals surface area (Å²) in [5.41, 5.74) is 0. The Balaban J connectivity index is 1.95. The molecule has 18 heavy (non-hydrogen) atoms. The molecule has 0 radical (unpaired) electrons. The molecule has 0 aromatic rings. The fourth-order valence-corrected chi connectivity index (χ4v) is 2.58. The normalized spacial score (nSPS) is 17.1. The monoisotopic (exact) mass is 256 g/mol. The van der Waals surface area contributed by atoms with E-state index >= 15 is 0 Å². The van der Waals surface area contributed by atoms with Gasteiger partial charge in [0.05, 0.1) is 13.5 Å². The van der Waals surface area contributed by atoms with Crippen LogP contribution in [0.2, 0.25) is 0 Å². The number of methoxy groups -OCH3 is 1. The second-order valence-electron chi connectivity index (χ2n) is 5.20. The van der Waals surface area contributed by atoms with Gasteiger partial charge in [-0.1, -0.05) is 19.3 Å². The van der Waals surface area contributed by atoms with Gasteiger partial charge in [0.2, 0.25) is 0 Å². The van der Waals surface area contributed by atoms with Crippen molar-refractivity contribution in [3.63, 3.8) is 0 Å². The van der Waals surface area contributed by atoms with E-state index < -0.39 is 0 Å². The minimum Gasteiger partial charge on any atom is -0.469 e. The maximum Gasteiger partial charge on any atom is 0.306 e. The molecule has 0 unspecified atom stereocenters. The molecule has 1 rings (SSSR count). The Bertz CT molecular complexity index is 228. The number of esters is 1. The summed E-state index contributed by atoms with van der Waals surface area (Å²) < 4.78 is 4.59. The highest BCUT2D eigenvalue weighted by molar-refractivity contribution is 5.69. The summed E-state index contributed by atoms with van der Waals surface area (Å²) in [7, 11) is 3.67. The van der Waals surface area contributed by atoms with Crippen LogP contribution in [0.5, 0.6) is 0 Å². The summed E-state index contributed by atoms with van der Waals surface area (Å²) >= 11 is 0. The van der Waals surface area contributed by atoms with Crippen molar-refractivity contribution in [3.05, 3.63) is 0 Å². The Morgan fingerprint density at radius 2 is 2.00 bits per heavy atom. The van der Waals surface area contributed by atoms with Crippen LogP contribution in [-0.2, 0) is 9.53 Å². The molecule has 0 atom stereocenters. The van der Waals surface area contributed by atoms with E-state index in [1.165, 1.54) is 39.2 Å². The van der Waals surface area contributed by atoms with Crippen molar-refractivity contribution in [2.75, 3.05) is 33.8 Å². The average molecular weight is 256 g/mol. The van der Waals surface area contributed by atoms with Crippen molar-refractivity contribution in [1.82, 2.24) is 10.2 Å². The summed E-state index contributed by atoms with van der Waals surface area (Å²) in [6, 6.07) is 0.800. The van der Waals surface area contributed by atoms with E-state index in [4.69, 9.17) is 0 Å². The van der Waals surface area contributed by atoms with E-state index in [-0.39, 0.29) is 5.97 Å². The predicted molar refractivity (Wildman–Crippen MR) is 73.6 cm³/mol. The molecule has 1 aliphatic rings. The van der Waals surface area contributed by atoms with Crippen LogP contribution in [0, 0.1) is 0 Å². The van der Waals surface area contributed by atoms with Crippen molar-refractivity contribution < 1.29 is 9.53 Å². The van der Waals surface area contributed by atoms with Crippen LogP contribution >= 0.6 is 0 Å². The third-order valence-electron chi connectivity index (χ3n) is 3.80.